The Hall–Kier alpha value is -3.29. The quantitative estimate of drug-likeness (QED) is 0.348. The molecule has 0 radical (unpaired) electrons. The molecule has 0 fully saturated rings. The van der Waals surface area contributed by atoms with Gasteiger partial charge in [0.25, 0.3) is 0 Å². The minimum atomic E-state index is -2.50. The minimum Gasteiger partial charge on any atom is -0.418 e. The van der Waals surface area contributed by atoms with Crippen LogP contribution in [0.2, 0.25) is 0 Å². The summed E-state index contributed by atoms with van der Waals surface area (Å²) in [5.41, 5.74) is 1.05. The van der Waals surface area contributed by atoms with Crippen molar-refractivity contribution in [3.05, 3.63) is 126 Å². The van der Waals surface area contributed by atoms with Crippen molar-refractivity contribution in [3.63, 3.8) is 0 Å². The van der Waals surface area contributed by atoms with E-state index in [1.165, 1.54) is 18.2 Å². The zero-order valence-electron chi connectivity index (χ0n) is 16.1. The van der Waals surface area contributed by atoms with Gasteiger partial charge in [-0.25, -0.2) is 9.18 Å². The van der Waals surface area contributed by atoms with Crippen LogP contribution in [-0.2, 0) is 4.74 Å². The number of esters is 1. The number of cyclic esters (lactones) is 1. The van der Waals surface area contributed by atoms with E-state index in [-0.39, 0.29) is 5.82 Å². The lowest BCUT2D eigenvalue weighted by Gasteiger charge is -2.31. The molecule has 1 aliphatic rings. The Bertz CT molecular complexity index is 1100. The number of carbonyl (C=O) groups is 1. The van der Waals surface area contributed by atoms with E-state index >= 15 is 0 Å². The Morgan fingerprint density at radius 3 is 1.60 bits per heavy atom. The largest absolute Gasteiger partial charge is 0.418 e. The van der Waals surface area contributed by atoms with Crippen molar-refractivity contribution in [2.75, 3.05) is 0 Å². The molecule has 146 valence electrons. The van der Waals surface area contributed by atoms with Gasteiger partial charge in [0.05, 0.1) is 11.1 Å². The van der Waals surface area contributed by atoms with Crippen LogP contribution in [0.3, 0.4) is 0 Å². The highest BCUT2D eigenvalue weighted by molar-refractivity contribution is 7.95. The first-order valence-corrected chi connectivity index (χ1v) is 11.6. The molecule has 1 aliphatic heterocycles. The molecule has 2 nitrogen and oxygen atoms in total. The molecule has 1 atom stereocenters. The molecule has 1 heterocycles. The van der Waals surface area contributed by atoms with Gasteiger partial charge in [0.1, 0.15) is 21.7 Å². The Labute approximate surface area is 175 Å². The minimum absolute atomic E-state index is 0.371. The number of halogens is 1. The molecule has 0 N–H and O–H groups in total. The van der Waals surface area contributed by atoms with Crippen LogP contribution in [0.15, 0.2) is 109 Å². The summed E-state index contributed by atoms with van der Waals surface area (Å²) in [6.45, 7) is 0. The van der Waals surface area contributed by atoms with Crippen LogP contribution in [0, 0.1) is 5.82 Å². The maximum absolute atomic E-state index is 14.3. The Kier molecular flexibility index (Phi) is 4.69. The van der Waals surface area contributed by atoms with Crippen molar-refractivity contribution in [2.24, 2.45) is 0 Å². The van der Waals surface area contributed by atoms with Gasteiger partial charge in [0.15, 0.2) is 7.26 Å². The van der Waals surface area contributed by atoms with Gasteiger partial charge >= 0.3 is 5.97 Å². The molecule has 0 bridgehead atoms. The lowest BCUT2D eigenvalue weighted by atomic mass is 10.1. The first kappa shape index (κ1) is 18.7. The van der Waals surface area contributed by atoms with Crippen LogP contribution in [0.25, 0.3) is 0 Å². The summed E-state index contributed by atoms with van der Waals surface area (Å²) in [4.78, 5) is 12.8. The molecule has 0 saturated heterocycles. The van der Waals surface area contributed by atoms with Gasteiger partial charge in [-0.05, 0) is 54.6 Å². The molecular weight excluding hydrogens is 394 g/mol. The smallest absolute Gasteiger partial charge is 0.342 e. The molecule has 5 rings (SSSR count). The van der Waals surface area contributed by atoms with Gasteiger partial charge in [-0.3, -0.25) is 0 Å². The van der Waals surface area contributed by atoms with E-state index in [0.717, 1.165) is 15.9 Å². The number of benzene rings is 4. The fourth-order valence-electron chi connectivity index (χ4n) is 4.28. The molecule has 4 aromatic carbocycles. The maximum atomic E-state index is 14.3. The SMILES string of the molecule is O=C1OC([P+](c2ccccc2)(c2ccccc2)c2ccccc2)c2cc(F)ccc21. The van der Waals surface area contributed by atoms with Gasteiger partial charge in [0.2, 0.25) is 5.85 Å². The Morgan fingerprint density at radius 2 is 1.13 bits per heavy atom. The number of fused-ring (bicyclic) bond motifs is 1. The first-order chi connectivity index (χ1) is 14.7. The third-order valence-electron chi connectivity index (χ3n) is 5.56. The van der Waals surface area contributed by atoms with Gasteiger partial charge in [-0.2, -0.15) is 0 Å². The third kappa shape index (κ3) is 2.86. The number of hydrogen-bond acceptors (Lipinski definition) is 2. The lowest BCUT2D eigenvalue weighted by Crippen LogP contribution is -2.35. The van der Waals surface area contributed by atoms with Crippen LogP contribution in [0.5, 0.6) is 0 Å². The van der Waals surface area contributed by atoms with E-state index in [4.69, 9.17) is 4.74 Å². The summed E-state index contributed by atoms with van der Waals surface area (Å²) < 4.78 is 20.4. The molecule has 0 spiro atoms. The molecule has 1 unspecified atom stereocenters. The highest BCUT2D eigenvalue weighted by atomic mass is 31.2. The van der Waals surface area contributed by atoms with E-state index in [2.05, 4.69) is 36.4 Å². The zero-order chi connectivity index (χ0) is 20.6. The lowest BCUT2D eigenvalue weighted by molar-refractivity contribution is 0.0514. The van der Waals surface area contributed by atoms with Crippen LogP contribution in [0.1, 0.15) is 21.8 Å². The molecule has 0 aromatic heterocycles. The summed E-state index contributed by atoms with van der Waals surface area (Å²) >= 11 is 0. The van der Waals surface area contributed by atoms with Gasteiger partial charge < -0.3 is 4.74 Å². The van der Waals surface area contributed by atoms with Crippen LogP contribution >= 0.6 is 7.26 Å². The number of carbonyl (C=O) groups excluding carboxylic acids is 1. The summed E-state index contributed by atoms with van der Waals surface area (Å²) in [6, 6.07) is 34.7. The number of ether oxygens (including phenoxy) is 1. The Morgan fingerprint density at radius 1 is 0.667 bits per heavy atom. The van der Waals surface area contributed by atoms with E-state index in [1.807, 2.05) is 54.6 Å². The van der Waals surface area contributed by atoms with E-state index < -0.39 is 19.1 Å². The van der Waals surface area contributed by atoms with E-state index in [0.29, 0.717) is 11.1 Å². The molecular formula is C26H19FO2P+. The molecule has 4 heteroatoms. The highest BCUT2D eigenvalue weighted by Crippen LogP contribution is 2.69. The van der Waals surface area contributed by atoms with E-state index in [9.17, 15) is 9.18 Å². The summed E-state index contributed by atoms with van der Waals surface area (Å²) in [6.07, 6.45) is 0. The first-order valence-electron chi connectivity index (χ1n) is 9.77. The van der Waals surface area contributed by atoms with Crippen molar-refractivity contribution in [1.29, 1.82) is 0 Å². The fourth-order valence-corrected chi connectivity index (χ4v) is 8.80. The predicted molar refractivity (Wildman–Crippen MR) is 120 cm³/mol. The monoisotopic (exact) mass is 413 g/mol. The number of hydrogen-bond donors (Lipinski definition) is 0. The zero-order valence-corrected chi connectivity index (χ0v) is 17.0. The average molecular weight is 413 g/mol. The molecule has 0 saturated carbocycles. The molecule has 30 heavy (non-hydrogen) atoms. The third-order valence-corrected chi connectivity index (χ3v) is 9.99. The standard InChI is InChI=1S/C26H19FO2P/c27-19-16-17-23-24(18-19)26(29-25(23)28)30(20-10-4-1-5-11-20,21-12-6-2-7-13-21)22-14-8-3-9-15-22/h1-18,26H/q+1. The van der Waals surface area contributed by atoms with Crippen molar-refractivity contribution >= 4 is 29.1 Å². The second-order valence-electron chi connectivity index (χ2n) is 7.22. The molecule has 0 amide bonds. The second kappa shape index (κ2) is 7.51. The van der Waals surface area contributed by atoms with Crippen molar-refractivity contribution in [3.8, 4) is 0 Å². The summed E-state index contributed by atoms with van der Waals surface area (Å²) in [5.74, 6) is -1.37. The topological polar surface area (TPSA) is 26.3 Å². The molecule has 4 aromatic rings. The van der Waals surface area contributed by atoms with E-state index in [1.54, 1.807) is 0 Å². The van der Waals surface area contributed by atoms with Crippen LogP contribution in [0.4, 0.5) is 4.39 Å². The van der Waals surface area contributed by atoms with Gasteiger partial charge in [0, 0.05) is 0 Å². The van der Waals surface area contributed by atoms with Crippen molar-refractivity contribution in [1.82, 2.24) is 0 Å². The number of rotatable bonds is 4. The average Bonchev–Trinajstić information content (AvgIpc) is 3.12. The van der Waals surface area contributed by atoms with Gasteiger partial charge in [-0.1, -0.05) is 54.6 Å². The highest BCUT2D eigenvalue weighted by Gasteiger charge is 2.58. The summed E-state index contributed by atoms with van der Waals surface area (Å²) in [7, 11) is -2.50. The van der Waals surface area contributed by atoms with Crippen molar-refractivity contribution < 1.29 is 13.9 Å². The van der Waals surface area contributed by atoms with Crippen molar-refractivity contribution in [2.45, 2.75) is 5.85 Å². The maximum Gasteiger partial charge on any atom is 0.342 e. The molecule has 0 aliphatic carbocycles. The van der Waals surface area contributed by atoms with Crippen LogP contribution < -0.4 is 15.9 Å². The second-order valence-corrected chi connectivity index (χ2v) is 10.7. The predicted octanol–water partition coefficient (Wildman–Crippen LogP) is 4.99. The normalized spacial score (nSPS) is 15.5. The summed E-state index contributed by atoms with van der Waals surface area (Å²) in [5, 5.41) is 3.24. The Balaban J connectivity index is 1.89. The van der Waals surface area contributed by atoms with Crippen LogP contribution in [-0.4, -0.2) is 5.97 Å². The van der Waals surface area contributed by atoms with Gasteiger partial charge in [-0.15, -0.1) is 0 Å². The fraction of sp³-hybridized carbons (Fsp3) is 0.0385.